The molecule has 5 nitrogen and oxygen atoms in total. The van der Waals surface area contributed by atoms with Crippen molar-refractivity contribution in [2.24, 2.45) is 0 Å². The molecule has 1 amide bonds. The molecule has 2 atom stereocenters. The zero-order valence-electron chi connectivity index (χ0n) is 13.9. The lowest BCUT2D eigenvalue weighted by Gasteiger charge is -2.27. The summed E-state index contributed by atoms with van der Waals surface area (Å²) in [5.74, 6) is 0.728. The molecule has 130 valence electrons. The number of hydrogen-bond acceptors (Lipinski definition) is 5. The summed E-state index contributed by atoms with van der Waals surface area (Å²) in [7, 11) is 1.85. The molecule has 24 heavy (non-hydrogen) atoms. The molecule has 0 bridgehead atoms. The van der Waals surface area contributed by atoms with Crippen molar-refractivity contribution in [3.8, 4) is 0 Å². The number of aliphatic hydroxyl groups excluding tert-OH is 1. The Morgan fingerprint density at radius 2 is 2.38 bits per heavy atom. The van der Waals surface area contributed by atoms with Crippen molar-refractivity contribution < 1.29 is 14.3 Å². The summed E-state index contributed by atoms with van der Waals surface area (Å²) in [6, 6.07) is 7.86. The largest absolute Gasteiger partial charge is 0.467 e. The maximum absolute atomic E-state index is 12.5. The van der Waals surface area contributed by atoms with Crippen molar-refractivity contribution in [2.75, 3.05) is 20.1 Å². The zero-order valence-corrected chi connectivity index (χ0v) is 14.7. The number of nitrogens with zero attached hydrogens (tertiary/aromatic N) is 2. The highest BCUT2D eigenvalue weighted by Crippen LogP contribution is 2.27. The van der Waals surface area contributed by atoms with Crippen LogP contribution in [0.2, 0.25) is 0 Å². The van der Waals surface area contributed by atoms with Gasteiger partial charge in [0.05, 0.1) is 19.4 Å². The zero-order chi connectivity index (χ0) is 16.9. The number of aliphatic hydroxyl groups is 1. The van der Waals surface area contributed by atoms with Crippen LogP contribution in [0.1, 0.15) is 36.0 Å². The van der Waals surface area contributed by atoms with Gasteiger partial charge in [0, 0.05) is 18.0 Å². The lowest BCUT2D eigenvalue weighted by Crippen LogP contribution is -2.40. The lowest BCUT2D eigenvalue weighted by molar-refractivity contribution is -0.132. The molecule has 3 heterocycles. The van der Waals surface area contributed by atoms with Crippen molar-refractivity contribution >= 4 is 17.2 Å². The molecule has 0 aliphatic carbocycles. The molecule has 2 aromatic rings. The third-order valence-corrected chi connectivity index (χ3v) is 5.46. The summed E-state index contributed by atoms with van der Waals surface area (Å²) in [5, 5.41) is 12.3. The monoisotopic (exact) mass is 348 g/mol. The molecule has 0 spiro atoms. The Bertz CT molecular complexity index is 627. The second-order valence-electron chi connectivity index (χ2n) is 6.36. The third kappa shape index (κ3) is 4.26. The molecule has 0 radical (unpaired) electrons. The summed E-state index contributed by atoms with van der Waals surface area (Å²) >= 11 is 1.67. The van der Waals surface area contributed by atoms with E-state index in [2.05, 4.69) is 4.90 Å². The quantitative estimate of drug-likeness (QED) is 0.836. The lowest BCUT2D eigenvalue weighted by atomic mass is 10.1. The molecule has 0 saturated carbocycles. The Hall–Kier alpha value is -1.63. The van der Waals surface area contributed by atoms with Crippen molar-refractivity contribution in [2.45, 2.75) is 38.0 Å². The van der Waals surface area contributed by atoms with Gasteiger partial charge in [0.25, 0.3) is 0 Å². The number of likely N-dealkylation sites (tertiary alicyclic amines) is 1. The van der Waals surface area contributed by atoms with Crippen molar-refractivity contribution in [1.29, 1.82) is 0 Å². The summed E-state index contributed by atoms with van der Waals surface area (Å²) < 4.78 is 5.28. The van der Waals surface area contributed by atoms with Crippen LogP contribution in [0.15, 0.2) is 40.3 Å². The molecule has 2 unspecified atom stereocenters. The first-order valence-electron chi connectivity index (χ1n) is 8.35. The minimum absolute atomic E-state index is 0.128. The first-order valence-corrected chi connectivity index (χ1v) is 9.23. The van der Waals surface area contributed by atoms with Crippen molar-refractivity contribution in [3.63, 3.8) is 0 Å². The highest BCUT2D eigenvalue weighted by Gasteiger charge is 2.29. The van der Waals surface area contributed by atoms with Gasteiger partial charge in [-0.1, -0.05) is 6.07 Å². The number of likely N-dealkylation sites (N-methyl/N-ethyl adjacent to an activating group) is 1. The van der Waals surface area contributed by atoms with Gasteiger partial charge in [-0.25, -0.2) is 0 Å². The van der Waals surface area contributed by atoms with Crippen molar-refractivity contribution in [3.05, 3.63) is 46.5 Å². The number of rotatable bonds is 7. The van der Waals surface area contributed by atoms with E-state index < -0.39 is 6.10 Å². The summed E-state index contributed by atoms with van der Waals surface area (Å²) in [5.41, 5.74) is 0. The van der Waals surface area contributed by atoms with E-state index >= 15 is 0 Å². The van der Waals surface area contributed by atoms with E-state index in [1.54, 1.807) is 34.6 Å². The van der Waals surface area contributed by atoms with Gasteiger partial charge in [-0.3, -0.25) is 9.69 Å². The number of carbonyl (C=O) groups excluding carboxylic acids is 1. The van der Waals surface area contributed by atoms with E-state index in [1.807, 2.05) is 24.6 Å². The Morgan fingerprint density at radius 3 is 3.08 bits per heavy atom. The van der Waals surface area contributed by atoms with Gasteiger partial charge >= 0.3 is 0 Å². The fourth-order valence-corrected chi connectivity index (χ4v) is 4.00. The molecule has 3 rings (SSSR count). The van der Waals surface area contributed by atoms with Gasteiger partial charge in [-0.15, -0.1) is 11.3 Å². The molecule has 2 aromatic heterocycles. The molecule has 1 N–H and O–H groups in total. The summed E-state index contributed by atoms with van der Waals surface area (Å²) in [4.78, 5) is 17.7. The minimum Gasteiger partial charge on any atom is -0.467 e. The Kier molecular flexibility index (Phi) is 5.71. The summed E-state index contributed by atoms with van der Waals surface area (Å²) in [6.07, 6.45) is 3.66. The molecular formula is C18H24N2O3S. The topological polar surface area (TPSA) is 56.9 Å². The highest BCUT2D eigenvalue weighted by atomic mass is 32.1. The average Bonchev–Trinajstić information content (AvgIpc) is 3.29. The smallest absolute Gasteiger partial charge is 0.236 e. The van der Waals surface area contributed by atoms with Crippen LogP contribution in [0.3, 0.4) is 0 Å². The SMILES string of the molecule is CN(Cc1cccs1)C(=O)CN1CCCC1CC(O)c1ccco1. The number of thiophene rings is 1. The average molecular weight is 348 g/mol. The van der Waals surface area contributed by atoms with Crippen molar-refractivity contribution in [1.82, 2.24) is 9.80 Å². The second-order valence-corrected chi connectivity index (χ2v) is 7.39. The Morgan fingerprint density at radius 1 is 1.50 bits per heavy atom. The number of hydrogen-bond donors (Lipinski definition) is 1. The molecule has 1 aliphatic heterocycles. The number of furan rings is 1. The van der Waals surface area contributed by atoms with Gasteiger partial charge in [-0.2, -0.15) is 0 Å². The maximum atomic E-state index is 12.5. The van der Waals surface area contributed by atoms with Gasteiger partial charge in [0.2, 0.25) is 5.91 Å². The highest BCUT2D eigenvalue weighted by molar-refractivity contribution is 7.09. The Labute approximate surface area is 146 Å². The second kappa shape index (κ2) is 7.96. The molecular weight excluding hydrogens is 324 g/mol. The van der Waals surface area contributed by atoms with Crippen LogP contribution < -0.4 is 0 Å². The van der Waals surface area contributed by atoms with Crippen LogP contribution in [0, 0.1) is 0 Å². The van der Waals surface area contributed by atoms with E-state index in [9.17, 15) is 9.90 Å². The van der Waals surface area contributed by atoms with Gasteiger partial charge in [0.15, 0.2) is 0 Å². The molecule has 1 aliphatic rings. The first kappa shape index (κ1) is 17.2. The van der Waals surface area contributed by atoms with E-state index in [4.69, 9.17) is 4.42 Å². The van der Waals surface area contributed by atoms with E-state index in [0.717, 1.165) is 19.4 Å². The maximum Gasteiger partial charge on any atom is 0.236 e. The van der Waals surface area contributed by atoms with Crippen LogP contribution in [0.4, 0.5) is 0 Å². The normalized spacial score (nSPS) is 19.5. The fourth-order valence-electron chi connectivity index (χ4n) is 3.24. The Balaban J connectivity index is 1.52. The standard InChI is InChI=1S/C18H24N2O3S/c1-19(12-15-6-4-10-24-15)18(22)13-20-8-2-5-14(20)11-16(21)17-7-3-9-23-17/h3-4,6-7,9-10,14,16,21H,2,5,8,11-13H2,1H3. The molecule has 6 heteroatoms. The summed E-state index contributed by atoms with van der Waals surface area (Å²) in [6.45, 7) is 1.98. The van der Waals surface area contributed by atoms with E-state index in [0.29, 0.717) is 25.3 Å². The van der Waals surface area contributed by atoms with Gasteiger partial charge in [-0.05, 0) is 49.4 Å². The first-order chi connectivity index (χ1) is 11.6. The van der Waals surface area contributed by atoms with E-state index in [1.165, 1.54) is 4.88 Å². The van der Waals surface area contributed by atoms with Crippen LogP contribution in [0.25, 0.3) is 0 Å². The predicted molar refractivity (Wildman–Crippen MR) is 93.7 cm³/mol. The minimum atomic E-state index is -0.607. The fraction of sp³-hybridized carbons (Fsp3) is 0.500. The van der Waals surface area contributed by atoms with Crippen LogP contribution in [-0.4, -0.2) is 47.0 Å². The van der Waals surface area contributed by atoms with Crippen LogP contribution in [0.5, 0.6) is 0 Å². The van der Waals surface area contributed by atoms with Crippen LogP contribution in [-0.2, 0) is 11.3 Å². The number of amides is 1. The number of carbonyl (C=O) groups is 1. The molecule has 1 fully saturated rings. The van der Waals surface area contributed by atoms with E-state index in [-0.39, 0.29) is 11.9 Å². The van der Waals surface area contributed by atoms with Gasteiger partial charge < -0.3 is 14.4 Å². The van der Waals surface area contributed by atoms with Crippen LogP contribution >= 0.6 is 11.3 Å². The molecule has 1 saturated heterocycles. The predicted octanol–water partition coefficient (Wildman–Crippen LogP) is 2.89. The van der Waals surface area contributed by atoms with Gasteiger partial charge in [0.1, 0.15) is 11.9 Å². The third-order valence-electron chi connectivity index (χ3n) is 4.60. The molecule has 0 aromatic carbocycles.